The predicted molar refractivity (Wildman–Crippen MR) is 172 cm³/mol. The highest BCUT2D eigenvalue weighted by molar-refractivity contribution is 9.10. The Labute approximate surface area is 249 Å². The molecule has 10 nitrogen and oxygen atoms in total. The minimum absolute atomic E-state index is 0.771. The average molecular weight is 618 g/mol. The largest absolute Gasteiger partial charge is 0.340 e. The van der Waals surface area contributed by atoms with Crippen molar-refractivity contribution in [3.05, 3.63) is 100 Å². The van der Waals surface area contributed by atoms with E-state index in [1.165, 1.54) is 11.1 Å². The molecule has 0 unspecified atom stereocenters. The van der Waals surface area contributed by atoms with Crippen molar-refractivity contribution in [3.63, 3.8) is 0 Å². The summed E-state index contributed by atoms with van der Waals surface area (Å²) in [4.78, 5) is 32.1. The van der Waals surface area contributed by atoms with Gasteiger partial charge in [-0.3, -0.25) is 9.98 Å². The molecule has 6 aromatic rings. The standard InChI is InChI=1S/C17H15N5.C14H10BrN5/c1-10(2)15-6-14-16(19-9-20-17(14)22-15)21-13-4-3-11-7-18-8-12(11)5-13;15-12-4-11-13(17-7-18-14(11)20-12)19-10-2-1-8-5-16-6-9(8)3-10/h3-6,8-9H,1,7H2,2H3,(H2,19,20,21,22);1-4,6-7H,5H2,(H2,17,18,19,20). The average Bonchev–Trinajstić information content (AvgIpc) is 3.78. The highest BCUT2D eigenvalue weighted by atomic mass is 79.9. The van der Waals surface area contributed by atoms with Crippen molar-refractivity contribution >= 4 is 79.0 Å². The third-order valence-corrected chi connectivity index (χ3v) is 7.51. The maximum Gasteiger partial charge on any atom is 0.143 e. The second-order valence-electron chi connectivity index (χ2n) is 10.1. The second kappa shape index (κ2) is 10.7. The zero-order valence-electron chi connectivity index (χ0n) is 22.6. The molecule has 0 saturated heterocycles. The Kier molecular flexibility index (Phi) is 6.55. The summed E-state index contributed by atoms with van der Waals surface area (Å²) in [5, 5.41) is 8.61. The number of anilines is 4. The quantitative estimate of drug-likeness (QED) is 0.164. The number of aliphatic imine (C=N–C) groups is 2. The third-order valence-electron chi connectivity index (χ3n) is 7.08. The molecule has 4 aromatic heterocycles. The van der Waals surface area contributed by atoms with Crippen LogP contribution in [0.4, 0.5) is 23.0 Å². The molecule has 0 atom stereocenters. The Hall–Kier alpha value is -5.16. The van der Waals surface area contributed by atoms with Gasteiger partial charge in [0.2, 0.25) is 0 Å². The molecule has 2 aromatic carbocycles. The van der Waals surface area contributed by atoms with Crippen LogP contribution in [-0.2, 0) is 13.1 Å². The number of nitrogens with one attached hydrogen (secondary N) is 4. The van der Waals surface area contributed by atoms with Crippen LogP contribution in [0.3, 0.4) is 0 Å². The predicted octanol–water partition coefficient (Wildman–Crippen LogP) is 7.06. The summed E-state index contributed by atoms with van der Waals surface area (Å²) < 4.78 is 0.886. The van der Waals surface area contributed by atoms with Crippen LogP contribution < -0.4 is 10.6 Å². The van der Waals surface area contributed by atoms with Gasteiger partial charge in [-0.1, -0.05) is 18.7 Å². The molecule has 8 rings (SSSR count). The lowest BCUT2D eigenvalue weighted by Crippen LogP contribution is -1.96. The minimum Gasteiger partial charge on any atom is -0.340 e. The van der Waals surface area contributed by atoms with Crippen LogP contribution in [-0.4, -0.2) is 42.3 Å². The molecule has 0 saturated carbocycles. The Morgan fingerprint density at radius 2 is 1.29 bits per heavy atom. The first-order valence-corrected chi connectivity index (χ1v) is 14.1. The van der Waals surface area contributed by atoms with Gasteiger partial charge in [0.15, 0.2) is 0 Å². The highest BCUT2D eigenvalue weighted by Gasteiger charge is 2.12. The van der Waals surface area contributed by atoms with Gasteiger partial charge in [-0.2, -0.15) is 0 Å². The van der Waals surface area contributed by atoms with Crippen LogP contribution in [0.1, 0.15) is 34.9 Å². The first kappa shape index (κ1) is 25.8. The number of aromatic amines is 2. The smallest absolute Gasteiger partial charge is 0.143 e. The zero-order chi connectivity index (χ0) is 28.6. The van der Waals surface area contributed by atoms with Gasteiger partial charge in [0.1, 0.15) is 35.6 Å². The Balaban J connectivity index is 0.000000138. The van der Waals surface area contributed by atoms with E-state index in [1.807, 2.05) is 43.6 Å². The maximum atomic E-state index is 4.36. The third kappa shape index (κ3) is 5.06. The van der Waals surface area contributed by atoms with Crippen LogP contribution in [0.15, 0.2) is 82.4 Å². The number of fused-ring (bicyclic) bond motifs is 4. The molecule has 0 fully saturated rings. The Morgan fingerprint density at radius 1 is 0.738 bits per heavy atom. The molecule has 4 N–H and O–H groups in total. The van der Waals surface area contributed by atoms with E-state index in [0.29, 0.717) is 0 Å². The lowest BCUT2D eigenvalue weighted by Gasteiger charge is -2.07. The molecule has 11 heteroatoms. The van der Waals surface area contributed by atoms with E-state index < -0.39 is 0 Å². The fourth-order valence-corrected chi connectivity index (χ4v) is 5.33. The molecule has 0 radical (unpaired) electrons. The fourth-order valence-electron chi connectivity index (χ4n) is 4.91. The van der Waals surface area contributed by atoms with Crippen LogP contribution in [0, 0.1) is 0 Å². The molecule has 0 spiro atoms. The van der Waals surface area contributed by atoms with Gasteiger partial charge in [0.25, 0.3) is 0 Å². The number of H-pyrrole nitrogens is 2. The van der Waals surface area contributed by atoms with Gasteiger partial charge in [-0.25, -0.2) is 19.9 Å². The molecule has 0 bridgehead atoms. The van der Waals surface area contributed by atoms with Crippen molar-refractivity contribution in [1.82, 2.24) is 29.9 Å². The van der Waals surface area contributed by atoms with Crippen molar-refractivity contribution in [3.8, 4) is 0 Å². The lowest BCUT2D eigenvalue weighted by atomic mass is 10.1. The van der Waals surface area contributed by atoms with E-state index in [2.05, 4.69) is 97.3 Å². The molecule has 2 aliphatic heterocycles. The summed E-state index contributed by atoms with van der Waals surface area (Å²) in [6, 6.07) is 16.4. The SMILES string of the molecule is Brc1cc2c(Nc3ccc4c(c3)C=NC4)ncnc2[nH]1.C=C(C)c1cc2c(Nc3ccc4c(c3)C=NC4)ncnc2[nH]1. The van der Waals surface area contributed by atoms with E-state index in [4.69, 9.17) is 0 Å². The Morgan fingerprint density at radius 3 is 1.86 bits per heavy atom. The van der Waals surface area contributed by atoms with Crippen molar-refractivity contribution in [2.45, 2.75) is 20.0 Å². The highest BCUT2D eigenvalue weighted by Crippen LogP contribution is 2.29. The summed E-state index contributed by atoms with van der Waals surface area (Å²) in [5.74, 6) is 1.57. The molecule has 2 aliphatic rings. The Bertz CT molecular complexity index is 2050. The van der Waals surface area contributed by atoms with Gasteiger partial charge in [0.05, 0.1) is 28.5 Å². The summed E-state index contributed by atoms with van der Waals surface area (Å²) in [5.41, 5.74) is 10.4. The van der Waals surface area contributed by atoms with Crippen LogP contribution in [0.2, 0.25) is 0 Å². The summed E-state index contributed by atoms with van der Waals surface area (Å²) in [6.07, 6.45) is 6.91. The van der Waals surface area contributed by atoms with E-state index in [1.54, 1.807) is 12.7 Å². The first-order valence-electron chi connectivity index (χ1n) is 13.3. The van der Waals surface area contributed by atoms with Crippen molar-refractivity contribution in [1.29, 1.82) is 0 Å². The summed E-state index contributed by atoms with van der Waals surface area (Å²) >= 11 is 3.42. The number of allylic oxidation sites excluding steroid dienone is 1. The normalized spacial score (nSPS) is 12.7. The van der Waals surface area contributed by atoms with Crippen LogP contribution in [0.25, 0.3) is 27.6 Å². The van der Waals surface area contributed by atoms with Crippen LogP contribution in [0.5, 0.6) is 0 Å². The van der Waals surface area contributed by atoms with Gasteiger partial charge >= 0.3 is 0 Å². The molecular weight excluding hydrogens is 592 g/mol. The number of halogens is 1. The molecule has 0 amide bonds. The van der Waals surface area contributed by atoms with Gasteiger partial charge in [0, 0.05) is 29.5 Å². The second-order valence-corrected chi connectivity index (χ2v) is 10.9. The number of nitrogens with zero attached hydrogens (tertiary/aromatic N) is 6. The van der Waals surface area contributed by atoms with Crippen molar-refractivity contribution < 1.29 is 0 Å². The van der Waals surface area contributed by atoms with Crippen molar-refractivity contribution in [2.75, 3.05) is 10.6 Å². The molecular formula is C31H25BrN10. The van der Waals surface area contributed by atoms with Gasteiger partial charge < -0.3 is 20.6 Å². The number of aromatic nitrogens is 6. The number of benzene rings is 2. The van der Waals surface area contributed by atoms with Crippen LogP contribution >= 0.6 is 15.9 Å². The number of rotatable bonds is 5. The lowest BCUT2D eigenvalue weighted by molar-refractivity contribution is 1.11. The maximum absolute atomic E-state index is 4.36. The number of hydrogen-bond donors (Lipinski definition) is 4. The van der Waals surface area contributed by atoms with E-state index >= 15 is 0 Å². The van der Waals surface area contributed by atoms with Gasteiger partial charge in [-0.05, 0) is 87.1 Å². The molecule has 6 heterocycles. The van der Waals surface area contributed by atoms with E-state index in [0.717, 1.165) is 85.2 Å². The summed E-state index contributed by atoms with van der Waals surface area (Å²) in [7, 11) is 0. The molecule has 206 valence electrons. The topological polar surface area (TPSA) is 132 Å². The van der Waals surface area contributed by atoms with E-state index in [9.17, 15) is 0 Å². The van der Waals surface area contributed by atoms with E-state index in [-0.39, 0.29) is 0 Å². The summed E-state index contributed by atoms with van der Waals surface area (Å²) in [6.45, 7) is 7.47. The molecule has 0 aliphatic carbocycles. The molecule has 42 heavy (non-hydrogen) atoms. The van der Waals surface area contributed by atoms with Gasteiger partial charge in [-0.15, -0.1) is 0 Å². The first-order chi connectivity index (χ1) is 20.5. The van der Waals surface area contributed by atoms with Crippen molar-refractivity contribution in [2.24, 2.45) is 9.98 Å². The number of hydrogen-bond acceptors (Lipinski definition) is 8. The minimum atomic E-state index is 0.771. The monoisotopic (exact) mass is 616 g/mol. The fraction of sp³-hybridized carbons (Fsp3) is 0.0968. The zero-order valence-corrected chi connectivity index (χ0v) is 24.2.